The third kappa shape index (κ3) is 4.50. The average Bonchev–Trinajstić information content (AvgIpc) is 2.62. The number of carboxylic acid groups (broad SMARTS) is 1. The number of hydrogen-bond acceptors (Lipinski definition) is 2. The van der Waals surface area contributed by atoms with Crippen LogP contribution >= 0.6 is 0 Å². The maximum atomic E-state index is 13.2. The third-order valence-corrected chi connectivity index (χ3v) is 5.05. The summed E-state index contributed by atoms with van der Waals surface area (Å²) in [4.78, 5) is 13.5. The number of carboxylic acids is 1. The molecule has 2 aromatic rings. The van der Waals surface area contributed by atoms with Crippen LogP contribution in [-0.4, -0.2) is 29.1 Å². The molecule has 1 aliphatic heterocycles. The Labute approximate surface area is 156 Å². The zero-order valence-corrected chi connectivity index (χ0v) is 15.0. The van der Waals surface area contributed by atoms with E-state index >= 15 is 0 Å². The molecule has 2 unspecified atom stereocenters. The lowest BCUT2D eigenvalue weighted by molar-refractivity contribution is -0.143. The number of piperidine rings is 1. The minimum Gasteiger partial charge on any atom is -0.481 e. The minimum absolute atomic E-state index is 0.324. The van der Waals surface area contributed by atoms with Crippen molar-refractivity contribution >= 4 is 5.97 Å². The lowest BCUT2D eigenvalue weighted by Crippen LogP contribution is -2.41. The maximum absolute atomic E-state index is 13.2. The normalized spacial score (nSPS) is 19.6. The molecule has 1 aliphatic rings. The molecule has 1 fully saturated rings. The predicted octanol–water partition coefficient (Wildman–Crippen LogP) is 4.90. The highest BCUT2D eigenvalue weighted by Crippen LogP contribution is 2.36. The van der Waals surface area contributed by atoms with Crippen LogP contribution in [0.3, 0.4) is 0 Å². The van der Waals surface area contributed by atoms with Crippen LogP contribution in [0.25, 0.3) is 0 Å². The van der Waals surface area contributed by atoms with Gasteiger partial charge in [0.15, 0.2) is 0 Å². The molecule has 3 nitrogen and oxygen atoms in total. The number of halogens is 3. The number of alkyl halides is 3. The number of rotatable bonds is 4. The molecule has 2 aromatic carbocycles. The molecular formula is C21H22F3NO2. The Hall–Kier alpha value is -2.34. The third-order valence-electron chi connectivity index (χ3n) is 5.05. The molecule has 144 valence electrons. The molecule has 0 amide bonds. The van der Waals surface area contributed by atoms with E-state index in [1.54, 1.807) is 6.07 Å². The fourth-order valence-corrected chi connectivity index (χ4v) is 3.78. The van der Waals surface area contributed by atoms with Crippen LogP contribution in [0.15, 0.2) is 48.5 Å². The van der Waals surface area contributed by atoms with Gasteiger partial charge in [-0.3, -0.25) is 9.69 Å². The lowest BCUT2D eigenvalue weighted by atomic mass is 9.90. The quantitative estimate of drug-likeness (QED) is 0.824. The van der Waals surface area contributed by atoms with E-state index in [0.29, 0.717) is 31.5 Å². The maximum Gasteiger partial charge on any atom is 0.416 e. The molecule has 1 saturated heterocycles. The second kappa shape index (κ2) is 7.72. The molecular weight excluding hydrogens is 355 g/mol. The molecule has 0 aliphatic carbocycles. The van der Waals surface area contributed by atoms with Crippen LogP contribution < -0.4 is 0 Å². The van der Waals surface area contributed by atoms with E-state index in [1.165, 1.54) is 12.1 Å². The summed E-state index contributed by atoms with van der Waals surface area (Å²) in [6, 6.07) is 12.6. The van der Waals surface area contributed by atoms with Crippen molar-refractivity contribution in [2.75, 3.05) is 13.1 Å². The van der Waals surface area contributed by atoms with Gasteiger partial charge in [0.25, 0.3) is 0 Å². The smallest absolute Gasteiger partial charge is 0.416 e. The summed E-state index contributed by atoms with van der Waals surface area (Å²) in [6.07, 6.45) is -3.12. The van der Waals surface area contributed by atoms with Gasteiger partial charge in [-0.1, -0.05) is 42.0 Å². The van der Waals surface area contributed by atoms with Crippen molar-refractivity contribution in [2.24, 2.45) is 5.92 Å². The van der Waals surface area contributed by atoms with Gasteiger partial charge in [0.2, 0.25) is 0 Å². The van der Waals surface area contributed by atoms with Gasteiger partial charge in [0, 0.05) is 6.54 Å². The Morgan fingerprint density at radius 1 is 1.15 bits per heavy atom. The number of hydrogen-bond donors (Lipinski definition) is 1. The van der Waals surface area contributed by atoms with Crippen LogP contribution in [0.1, 0.15) is 41.1 Å². The summed E-state index contributed by atoms with van der Waals surface area (Å²) >= 11 is 0. The molecule has 1 heterocycles. The highest BCUT2D eigenvalue weighted by Gasteiger charge is 2.34. The molecule has 3 rings (SSSR count). The van der Waals surface area contributed by atoms with Crippen molar-refractivity contribution in [3.8, 4) is 0 Å². The van der Waals surface area contributed by atoms with Gasteiger partial charge in [0.1, 0.15) is 0 Å². The highest BCUT2D eigenvalue weighted by molar-refractivity contribution is 5.70. The van der Waals surface area contributed by atoms with Crippen molar-refractivity contribution in [3.63, 3.8) is 0 Å². The topological polar surface area (TPSA) is 40.5 Å². The van der Waals surface area contributed by atoms with Gasteiger partial charge < -0.3 is 5.11 Å². The molecule has 0 spiro atoms. The molecule has 6 heteroatoms. The first-order chi connectivity index (χ1) is 12.8. The van der Waals surface area contributed by atoms with E-state index in [4.69, 9.17) is 0 Å². The van der Waals surface area contributed by atoms with E-state index in [2.05, 4.69) is 0 Å². The van der Waals surface area contributed by atoms with E-state index in [0.717, 1.165) is 17.2 Å². The minimum atomic E-state index is -4.42. The van der Waals surface area contributed by atoms with Crippen molar-refractivity contribution in [2.45, 2.75) is 32.0 Å². The van der Waals surface area contributed by atoms with Gasteiger partial charge in [-0.15, -0.1) is 0 Å². The van der Waals surface area contributed by atoms with Crippen LogP contribution in [0, 0.1) is 12.8 Å². The SMILES string of the molecule is Cc1cccc(C(c2cccc(C(F)(F)F)c2)N2CCCC(C(=O)O)C2)c1. The van der Waals surface area contributed by atoms with Crippen molar-refractivity contribution in [1.29, 1.82) is 0 Å². The Balaban J connectivity index is 2.04. The van der Waals surface area contributed by atoms with Gasteiger partial charge in [-0.25, -0.2) is 0 Å². The van der Waals surface area contributed by atoms with Crippen LogP contribution in [0.5, 0.6) is 0 Å². The van der Waals surface area contributed by atoms with Crippen molar-refractivity contribution < 1.29 is 23.1 Å². The molecule has 0 bridgehead atoms. The van der Waals surface area contributed by atoms with Gasteiger partial charge in [-0.2, -0.15) is 13.2 Å². The molecule has 0 saturated carbocycles. The Morgan fingerprint density at radius 2 is 1.81 bits per heavy atom. The first kappa shape index (κ1) is 19.4. The number of benzene rings is 2. The second-order valence-corrected chi connectivity index (χ2v) is 7.11. The fraction of sp³-hybridized carbons (Fsp3) is 0.381. The number of aryl methyl sites for hydroxylation is 1. The summed E-state index contributed by atoms with van der Waals surface area (Å²) in [5.41, 5.74) is 1.72. The fourth-order valence-electron chi connectivity index (χ4n) is 3.78. The van der Waals surface area contributed by atoms with Crippen LogP contribution in [0.2, 0.25) is 0 Å². The summed E-state index contributed by atoms with van der Waals surface area (Å²) in [5, 5.41) is 9.40. The molecule has 27 heavy (non-hydrogen) atoms. The summed E-state index contributed by atoms with van der Waals surface area (Å²) in [5.74, 6) is -1.36. The standard InChI is InChI=1S/C21H22F3NO2/c1-14-5-2-6-15(11-14)19(25-10-4-8-17(13-25)20(26)27)16-7-3-9-18(12-16)21(22,23)24/h2-3,5-7,9,11-12,17,19H,4,8,10,13H2,1H3,(H,26,27). The first-order valence-corrected chi connectivity index (χ1v) is 8.96. The summed E-state index contributed by atoms with van der Waals surface area (Å²) < 4.78 is 39.6. The molecule has 0 aromatic heterocycles. The van der Waals surface area contributed by atoms with E-state index in [1.807, 2.05) is 36.1 Å². The van der Waals surface area contributed by atoms with Crippen LogP contribution in [-0.2, 0) is 11.0 Å². The highest BCUT2D eigenvalue weighted by atomic mass is 19.4. The molecule has 2 atom stereocenters. The number of carbonyl (C=O) groups is 1. The van der Waals surface area contributed by atoms with Gasteiger partial charge >= 0.3 is 12.1 Å². The lowest BCUT2D eigenvalue weighted by Gasteiger charge is -2.38. The molecule has 1 N–H and O–H groups in total. The molecule has 0 radical (unpaired) electrons. The summed E-state index contributed by atoms with van der Waals surface area (Å²) in [7, 11) is 0. The monoisotopic (exact) mass is 377 g/mol. The second-order valence-electron chi connectivity index (χ2n) is 7.11. The Bertz CT molecular complexity index is 819. The number of aliphatic carboxylic acids is 1. The number of nitrogens with zero attached hydrogens (tertiary/aromatic N) is 1. The summed E-state index contributed by atoms with van der Waals surface area (Å²) in [6.45, 7) is 2.91. The average molecular weight is 377 g/mol. The largest absolute Gasteiger partial charge is 0.481 e. The van der Waals surface area contributed by atoms with E-state index < -0.39 is 29.7 Å². The number of likely N-dealkylation sites (tertiary alicyclic amines) is 1. The van der Waals surface area contributed by atoms with Crippen LogP contribution in [0.4, 0.5) is 13.2 Å². The van der Waals surface area contributed by atoms with E-state index in [9.17, 15) is 23.1 Å². The Kier molecular flexibility index (Phi) is 5.56. The van der Waals surface area contributed by atoms with Gasteiger partial charge in [-0.05, 0) is 49.6 Å². The van der Waals surface area contributed by atoms with Crippen molar-refractivity contribution in [3.05, 3.63) is 70.8 Å². The first-order valence-electron chi connectivity index (χ1n) is 8.96. The predicted molar refractivity (Wildman–Crippen MR) is 96.4 cm³/mol. The van der Waals surface area contributed by atoms with E-state index in [-0.39, 0.29) is 0 Å². The Morgan fingerprint density at radius 3 is 2.44 bits per heavy atom. The van der Waals surface area contributed by atoms with Crippen molar-refractivity contribution in [1.82, 2.24) is 4.90 Å². The zero-order chi connectivity index (χ0) is 19.6. The van der Waals surface area contributed by atoms with Gasteiger partial charge in [0.05, 0.1) is 17.5 Å². The zero-order valence-electron chi connectivity index (χ0n) is 15.0.